The van der Waals surface area contributed by atoms with Crippen LogP contribution in [0.4, 0.5) is 11.4 Å². The molecule has 0 atom stereocenters. The number of nitrogens with zero attached hydrogens (tertiary/aromatic N) is 4. The van der Waals surface area contributed by atoms with Gasteiger partial charge in [-0.15, -0.1) is 0 Å². The van der Waals surface area contributed by atoms with Crippen molar-refractivity contribution in [3.8, 4) is 0 Å². The van der Waals surface area contributed by atoms with Crippen molar-refractivity contribution >= 4 is 17.3 Å². The maximum Gasteiger partial charge on any atom is 0.339 e. The van der Waals surface area contributed by atoms with Gasteiger partial charge in [0, 0.05) is 62.9 Å². The molecule has 1 aliphatic heterocycles. The number of nitro groups is 1. The van der Waals surface area contributed by atoms with E-state index in [9.17, 15) is 14.9 Å². The normalized spacial score (nSPS) is 14.8. The van der Waals surface area contributed by atoms with Crippen LogP contribution in [-0.4, -0.2) is 60.1 Å². The molecule has 26 heavy (non-hydrogen) atoms. The lowest BCUT2D eigenvalue weighted by atomic mass is 10.2. The van der Waals surface area contributed by atoms with Gasteiger partial charge in [0.1, 0.15) is 6.61 Å². The van der Waals surface area contributed by atoms with Gasteiger partial charge in [-0.2, -0.15) is 0 Å². The maximum atomic E-state index is 11.9. The number of aromatic nitrogens is 1. The predicted molar refractivity (Wildman–Crippen MR) is 96.3 cm³/mol. The van der Waals surface area contributed by atoms with Crippen LogP contribution in [0.1, 0.15) is 10.4 Å². The van der Waals surface area contributed by atoms with Crippen LogP contribution in [0.2, 0.25) is 0 Å². The highest BCUT2D eigenvalue weighted by atomic mass is 16.6. The van der Waals surface area contributed by atoms with Gasteiger partial charge in [0.2, 0.25) is 0 Å². The number of hydrogen-bond acceptors (Lipinski definition) is 7. The standard InChI is InChI=1S/C18H20N4O4/c23-18(15-2-1-7-19-14-15)26-13-12-20-8-10-21(11-9-20)16-3-5-17(6-4-16)22(24)25/h1-7,14H,8-13H2. The number of ether oxygens (including phenoxy) is 1. The first kappa shape index (κ1) is 17.8. The van der Waals surface area contributed by atoms with E-state index >= 15 is 0 Å². The van der Waals surface area contributed by atoms with Crippen LogP contribution in [0.15, 0.2) is 48.8 Å². The lowest BCUT2D eigenvalue weighted by molar-refractivity contribution is -0.384. The number of piperazine rings is 1. The van der Waals surface area contributed by atoms with Gasteiger partial charge in [0.25, 0.3) is 5.69 Å². The summed E-state index contributed by atoms with van der Waals surface area (Å²) in [6.07, 6.45) is 3.10. The fourth-order valence-electron chi connectivity index (χ4n) is 2.85. The summed E-state index contributed by atoms with van der Waals surface area (Å²) in [4.78, 5) is 30.5. The zero-order valence-electron chi connectivity index (χ0n) is 14.3. The molecule has 1 aromatic heterocycles. The molecule has 0 saturated carbocycles. The zero-order valence-corrected chi connectivity index (χ0v) is 14.3. The fourth-order valence-corrected chi connectivity index (χ4v) is 2.85. The highest BCUT2D eigenvalue weighted by molar-refractivity contribution is 5.88. The van der Waals surface area contributed by atoms with Crippen molar-refractivity contribution in [1.29, 1.82) is 0 Å². The first-order valence-corrected chi connectivity index (χ1v) is 8.42. The number of non-ortho nitro benzene ring substituents is 1. The molecule has 0 spiro atoms. The third kappa shape index (κ3) is 4.54. The molecular formula is C18H20N4O4. The summed E-state index contributed by atoms with van der Waals surface area (Å²) in [5.41, 5.74) is 1.54. The summed E-state index contributed by atoms with van der Waals surface area (Å²) >= 11 is 0. The number of esters is 1. The van der Waals surface area contributed by atoms with Gasteiger partial charge in [-0.05, 0) is 24.3 Å². The Morgan fingerprint density at radius 2 is 1.88 bits per heavy atom. The van der Waals surface area contributed by atoms with E-state index in [2.05, 4.69) is 14.8 Å². The molecule has 0 radical (unpaired) electrons. The second kappa shape index (κ2) is 8.39. The van der Waals surface area contributed by atoms with Gasteiger partial charge >= 0.3 is 5.97 Å². The molecule has 0 N–H and O–H groups in total. The average molecular weight is 356 g/mol. The van der Waals surface area contributed by atoms with Crippen LogP contribution in [0, 0.1) is 10.1 Å². The summed E-state index contributed by atoms with van der Waals surface area (Å²) in [6, 6.07) is 10.00. The molecule has 0 amide bonds. The highest BCUT2D eigenvalue weighted by Crippen LogP contribution is 2.20. The first-order chi connectivity index (χ1) is 12.6. The van der Waals surface area contributed by atoms with Crippen molar-refractivity contribution in [3.05, 3.63) is 64.5 Å². The van der Waals surface area contributed by atoms with Crippen molar-refractivity contribution in [2.45, 2.75) is 0 Å². The lowest BCUT2D eigenvalue weighted by Crippen LogP contribution is -2.47. The van der Waals surface area contributed by atoms with Crippen LogP contribution in [-0.2, 0) is 4.74 Å². The van der Waals surface area contributed by atoms with Crippen LogP contribution in [0.25, 0.3) is 0 Å². The molecule has 8 nitrogen and oxygen atoms in total. The monoisotopic (exact) mass is 356 g/mol. The topological polar surface area (TPSA) is 88.8 Å². The second-order valence-electron chi connectivity index (χ2n) is 5.98. The lowest BCUT2D eigenvalue weighted by Gasteiger charge is -2.35. The van der Waals surface area contributed by atoms with Crippen LogP contribution in [0.5, 0.6) is 0 Å². The fraction of sp³-hybridized carbons (Fsp3) is 0.333. The Morgan fingerprint density at radius 3 is 2.50 bits per heavy atom. The minimum atomic E-state index is -0.394. The molecule has 0 aliphatic carbocycles. The molecule has 3 rings (SSSR count). The Morgan fingerprint density at radius 1 is 1.15 bits per heavy atom. The number of hydrogen-bond donors (Lipinski definition) is 0. The Hall–Kier alpha value is -3.00. The summed E-state index contributed by atoms with van der Waals surface area (Å²) in [6.45, 7) is 4.37. The quantitative estimate of drug-likeness (QED) is 0.444. The van der Waals surface area contributed by atoms with Crippen molar-refractivity contribution in [1.82, 2.24) is 9.88 Å². The minimum Gasteiger partial charge on any atom is -0.461 e. The van der Waals surface area contributed by atoms with Crippen LogP contribution >= 0.6 is 0 Å². The third-order valence-electron chi connectivity index (χ3n) is 4.34. The molecule has 8 heteroatoms. The van der Waals surface area contributed by atoms with Gasteiger partial charge < -0.3 is 9.64 Å². The number of benzene rings is 1. The third-order valence-corrected chi connectivity index (χ3v) is 4.34. The van der Waals surface area contributed by atoms with E-state index in [1.165, 1.54) is 18.3 Å². The second-order valence-corrected chi connectivity index (χ2v) is 5.98. The molecule has 1 aliphatic rings. The van der Waals surface area contributed by atoms with Crippen molar-refractivity contribution in [3.63, 3.8) is 0 Å². The molecule has 136 valence electrons. The first-order valence-electron chi connectivity index (χ1n) is 8.42. The Kier molecular flexibility index (Phi) is 5.75. The molecule has 1 fully saturated rings. The Balaban J connectivity index is 1.41. The van der Waals surface area contributed by atoms with E-state index in [1.807, 2.05) is 0 Å². The number of pyridine rings is 1. The summed E-state index contributed by atoms with van der Waals surface area (Å²) in [5.74, 6) is -0.359. The van der Waals surface area contributed by atoms with Gasteiger partial charge in [-0.25, -0.2) is 4.79 Å². The predicted octanol–water partition coefficient (Wildman–Crippen LogP) is 1.97. The number of carbonyl (C=O) groups excluding carboxylic acids is 1. The van der Waals surface area contributed by atoms with Crippen molar-refractivity contribution < 1.29 is 14.5 Å². The molecule has 1 aromatic carbocycles. The van der Waals surface area contributed by atoms with Gasteiger partial charge in [-0.1, -0.05) is 0 Å². The van der Waals surface area contributed by atoms with Crippen molar-refractivity contribution in [2.75, 3.05) is 44.2 Å². The van der Waals surface area contributed by atoms with Gasteiger partial charge in [-0.3, -0.25) is 20.0 Å². The number of carbonyl (C=O) groups is 1. The smallest absolute Gasteiger partial charge is 0.339 e. The maximum absolute atomic E-state index is 11.9. The van der Waals surface area contributed by atoms with Gasteiger partial charge in [0.05, 0.1) is 10.5 Å². The van der Waals surface area contributed by atoms with E-state index in [1.54, 1.807) is 30.5 Å². The molecule has 1 saturated heterocycles. The van der Waals surface area contributed by atoms with Gasteiger partial charge in [0.15, 0.2) is 0 Å². The highest BCUT2D eigenvalue weighted by Gasteiger charge is 2.18. The zero-order chi connectivity index (χ0) is 18.4. The average Bonchev–Trinajstić information content (AvgIpc) is 2.69. The van der Waals surface area contributed by atoms with E-state index in [4.69, 9.17) is 4.74 Å². The minimum absolute atomic E-state index is 0.0998. The molecular weight excluding hydrogens is 336 g/mol. The van der Waals surface area contributed by atoms with Crippen LogP contribution < -0.4 is 4.90 Å². The number of anilines is 1. The van der Waals surface area contributed by atoms with Crippen molar-refractivity contribution in [2.24, 2.45) is 0 Å². The summed E-state index contributed by atoms with van der Waals surface area (Å²) in [7, 11) is 0. The van der Waals surface area contributed by atoms with E-state index < -0.39 is 4.92 Å². The molecule has 2 heterocycles. The Labute approximate surface area is 151 Å². The summed E-state index contributed by atoms with van der Waals surface area (Å²) in [5, 5.41) is 10.7. The Bertz CT molecular complexity index is 744. The van der Waals surface area contributed by atoms with E-state index in [0.717, 1.165) is 31.9 Å². The SMILES string of the molecule is O=C(OCCN1CCN(c2ccc([N+](=O)[O-])cc2)CC1)c1cccnc1. The number of rotatable bonds is 6. The number of nitro benzene ring substituents is 1. The largest absolute Gasteiger partial charge is 0.461 e. The van der Waals surface area contributed by atoms with E-state index in [0.29, 0.717) is 18.7 Å². The molecule has 0 bridgehead atoms. The van der Waals surface area contributed by atoms with Crippen LogP contribution in [0.3, 0.4) is 0 Å². The molecule has 0 unspecified atom stereocenters. The molecule has 2 aromatic rings. The summed E-state index contributed by atoms with van der Waals surface area (Å²) < 4.78 is 5.28. The van der Waals surface area contributed by atoms with E-state index in [-0.39, 0.29) is 11.7 Å².